The van der Waals surface area contributed by atoms with Crippen LogP contribution in [0.1, 0.15) is 32.6 Å². The van der Waals surface area contributed by atoms with Crippen molar-refractivity contribution >= 4 is 17.7 Å². The Morgan fingerprint density at radius 3 is 2.64 bits per heavy atom. The van der Waals surface area contributed by atoms with Gasteiger partial charge in [-0.2, -0.15) is 0 Å². The maximum absolute atomic E-state index is 12.3. The molecule has 1 aromatic carbocycles. The van der Waals surface area contributed by atoms with Gasteiger partial charge in [0.05, 0.1) is 12.4 Å². The van der Waals surface area contributed by atoms with E-state index in [9.17, 15) is 4.79 Å². The first-order valence-electron chi connectivity index (χ1n) is 8.40. The van der Waals surface area contributed by atoms with Crippen LogP contribution >= 0.6 is 11.8 Å². The fraction of sp³-hybridized carbons (Fsp3) is 0.471. The Balaban J connectivity index is 1.66. The minimum absolute atomic E-state index is 0.0193. The van der Waals surface area contributed by atoms with Crippen LogP contribution in [0, 0.1) is 0 Å². The van der Waals surface area contributed by atoms with Gasteiger partial charge in [-0.15, -0.1) is 10.2 Å². The molecule has 0 spiro atoms. The van der Waals surface area contributed by atoms with E-state index in [0.29, 0.717) is 17.0 Å². The van der Waals surface area contributed by atoms with Gasteiger partial charge in [-0.05, 0) is 44.0 Å². The summed E-state index contributed by atoms with van der Waals surface area (Å²) < 4.78 is 6.57. The van der Waals surface area contributed by atoms with Crippen molar-refractivity contribution in [2.75, 3.05) is 13.0 Å². The molecular weight excluding hydrogens is 338 g/mol. The standard InChI is InChI=1S/C17H23N5O2S/c1-11(16(23)19-13-5-3-4-6-13)25-17-21-20-15(22(17)18)12-7-9-14(24-2)10-8-12/h7-11,13H,3-6,18H2,1-2H3,(H,19,23). The second-order valence-corrected chi connectivity index (χ2v) is 7.46. The summed E-state index contributed by atoms with van der Waals surface area (Å²) in [6.07, 6.45) is 4.51. The van der Waals surface area contributed by atoms with Crippen LogP contribution in [0.3, 0.4) is 0 Å². The molecule has 1 unspecified atom stereocenters. The smallest absolute Gasteiger partial charge is 0.233 e. The van der Waals surface area contributed by atoms with E-state index >= 15 is 0 Å². The number of nitrogens with zero attached hydrogens (tertiary/aromatic N) is 3. The predicted octanol–water partition coefficient (Wildman–Crippen LogP) is 2.21. The number of hydrogen-bond acceptors (Lipinski definition) is 6. The van der Waals surface area contributed by atoms with E-state index in [1.54, 1.807) is 7.11 Å². The summed E-state index contributed by atoms with van der Waals surface area (Å²) in [5, 5.41) is 11.6. The van der Waals surface area contributed by atoms with E-state index in [1.807, 2.05) is 31.2 Å². The molecule has 1 fully saturated rings. The normalized spacial score (nSPS) is 15.9. The lowest BCUT2D eigenvalue weighted by molar-refractivity contribution is -0.120. The van der Waals surface area contributed by atoms with E-state index in [-0.39, 0.29) is 11.2 Å². The van der Waals surface area contributed by atoms with Crippen LogP contribution in [0.4, 0.5) is 0 Å². The van der Waals surface area contributed by atoms with E-state index in [1.165, 1.54) is 29.3 Å². The Kier molecular flexibility index (Phi) is 5.47. The molecule has 3 N–H and O–H groups in total. The topological polar surface area (TPSA) is 95.1 Å². The van der Waals surface area contributed by atoms with Crippen LogP contribution in [-0.2, 0) is 4.79 Å². The average molecular weight is 361 g/mol. The minimum atomic E-state index is -0.282. The maximum atomic E-state index is 12.3. The number of thioether (sulfide) groups is 1. The predicted molar refractivity (Wildman–Crippen MR) is 97.9 cm³/mol. The summed E-state index contributed by atoms with van der Waals surface area (Å²) >= 11 is 1.31. The molecule has 1 saturated carbocycles. The van der Waals surface area contributed by atoms with Crippen molar-refractivity contribution in [1.82, 2.24) is 20.2 Å². The molecule has 8 heteroatoms. The number of carbonyl (C=O) groups excluding carboxylic acids is 1. The largest absolute Gasteiger partial charge is 0.497 e. The molecule has 1 amide bonds. The van der Waals surface area contributed by atoms with Crippen LogP contribution in [0.15, 0.2) is 29.4 Å². The Bertz CT molecular complexity index is 725. The van der Waals surface area contributed by atoms with Crippen molar-refractivity contribution in [2.24, 2.45) is 0 Å². The number of benzene rings is 1. The lowest BCUT2D eigenvalue weighted by Crippen LogP contribution is -2.37. The number of aromatic nitrogens is 3. The molecular formula is C17H23N5O2S. The number of hydrogen-bond donors (Lipinski definition) is 2. The summed E-state index contributed by atoms with van der Waals surface area (Å²) in [5.74, 6) is 7.46. The highest BCUT2D eigenvalue weighted by molar-refractivity contribution is 8.00. The molecule has 1 heterocycles. The van der Waals surface area contributed by atoms with E-state index in [0.717, 1.165) is 24.2 Å². The molecule has 0 bridgehead atoms. The average Bonchev–Trinajstić information content (AvgIpc) is 3.25. The van der Waals surface area contributed by atoms with Gasteiger partial charge in [0.15, 0.2) is 5.82 Å². The zero-order valence-electron chi connectivity index (χ0n) is 14.4. The fourth-order valence-corrected chi connectivity index (χ4v) is 3.67. The first-order chi connectivity index (χ1) is 12.1. The number of amides is 1. The first kappa shape index (κ1) is 17.6. The number of nitrogens with one attached hydrogen (secondary N) is 1. The summed E-state index contributed by atoms with van der Waals surface area (Å²) in [5.41, 5.74) is 0.839. The third kappa shape index (κ3) is 4.07. The van der Waals surface area contributed by atoms with Gasteiger partial charge in [-0.3, -0.25) is 4.79 Å². The van der Waals surface area contributed by atoms with Gasteiger partial charge in [-0.25, -0.2) is 4.68 Å². The summed E-state index contributed by atoms with van der Waals surface area (Å²) in [6, 6.07) is 7.73. The second kappa shape index (κ2) is 7.77. The van der Waals surface area contributed by atoms with Gasteiger partial charge in [-0.1, -0.05) is 24.6 Å². The van der Waals surface area contributed by atoms with E-state index < -0.39 is 0 Å². The number of carbonyl (C=O) groups is 1. The summed E-state index contributed by atoms with van der Waals surface area (Å²) in [6.45, 7) is 1.86. The monoisotopic (exact) mass is 361 g/mol. The van der Waals surface area contributed by atoms with Gasteiger partial charge in [0, 0.05) is 11.6 Å². The number of nitrogen functional groups attached to an aromatic ring is 1. The van der Waals surface area contributed by atoms with E-state index in [4.69, 9.17) is 10.6 Å². The first-order valence-corrected chi connectivity index (χ1v) is 9.28. The second-order valence-electron chi connectivity index (χ2n) is 6.15. The van der Waals surface area contributed by atoms with Crippen molar-refractivity contribution in [3.63, 3.8) is 0 Å². The Hall–Kier alpha value is -2.22. The van der Waals surface area contributed by atoms with Gasteiger partial charge in [0.2, 0.25) is 11.1 Å². The molecule has 3 rings (SSSR count). The quantitative estimate of drug-likeness (QED) is 0.605. The zero-order valence-corrected chi connectivity index (χ0v) is 15.3. The lowest BCUT2D eigenvalue weighted by atomic mass is 10.2. The van der Waals surface area contributed by atoms with Crippen molar-refractivity contribution in [3.8, 4) is 17.1 Å². The fourth-order valence-electron chi connectivity index (χ4n) is 2.89. The molecule has 2 aromatic rings. The molecule has 0 saturated heterocycles. The zero-order chi connectivity index (χ0) is 17.8. The minimum Gasteiger partial charge on any atom is -0.497 e. The van der Waals surface area contributed by atoms with Crippen LogP contribution in [0.5, 0.6) is 5.75 Å². The van der Waals surface area contributed by atoms with Crippen molar-refractivity contribution in [1.29, 1.82) is 0 Å². The number of ether oxygens (including phenoxy) is 1. The van der Waals surface area contributed by atoms with Crippen molar-refractivity contribution in [2.45, 2.75) is 49.1 Å². The highest BCUT2D eigenvalue weighted by Crippen LogP contribution is 2.26. The third-order valence-corrected chi connectivity index (χ3v) is 5.42. The number of methoxy groups -OCH3 is 1. The SMILES string of the molecule is COc1ccc(-c2nnc(SC(C)C(=O)NC3CCCC3)n2N)cc1. The Morgan fingerprint density at radius 2 is 2.00 bits per heavy atom. The molecule has 1 aliphatic carbocycles. The third-order valence-electron chi connectivity index (χ3n) is 4.37. The number of nitrogens with two attached hydrogens (primary N) is 1. The van der Waals surface area contributed by atoms with Gasteiger partial charge >= 0.3 is 0 Å². The van der Waals surface area contributed by atoms with Gasteiger partial charge < -0.3 is 15.9 Å². The molecule has 7 nitrogen and oxygen atoms in total. The van der Waals surface area contributed by atoms with Gasteiger partial charge in [0.1, 0.15) is 5.75 Å². The van der Waals surface area contributed by atoms with Crippen LogP contribution in [0.25, 0.3) is 11.4 Å². The Labute approximate surface area is 151 Å². The Morgan fingerprint density at radius 1 is 1.32 bits per heavy atom. The highest BCUT2D eigenvalue weighted by Gasteiger charge is 2.23. The highest BCUT2D eigenvalue weighted by atomic mass is 32.2. The summed E-state index contributed by atoms with van der Waals surface area (Å²) in [7, 11) is 1.62. The lowest BCUT2D eigenvalue weighted by Gasteiger charge is -2.15. The summed E-state index contributed by atoms with van der Waals surface area (Å²) in [4.78, 5) is 12.3. The number of rotatable bonds is 6. The molecule has 1 aliphatic rings. The molecule has 1 atom stereocenters. The molecule has 134 valence electrons. The van der Waals surface area contributed by atoms with Gasteiger partial charge in [0.25, 0.3) is 0 Å². The molecule has 1 aromatic heterocycles. The van der Waals surface area contributed by atoms with Crippen molar-refractivity contribution in [3.05, 3.63) is 24.3 Å². The molecule has 0 aliphatic heterocycles. The van der Waals surface area contributed by atoms with Crippen LogP contribution in [0.2, 0.25) is 0 Å². The van der Waals surface area contributed by atoms with Crippen LogP contribution < -0.4 is 15.9 Å². The maximum Gasteiger partial charge on any atom is 0.233 e. The van der Waals surface area contributed by atoms with Crippen LogP contribution in [-0.4, -0.2) is 39.2 Å². The van der Waals surface area contributed by atoms with Crippen molar-refractivity contribution < 1.29 is 9.53 Å². The van der Waals surface area contributed by atoms with E-state index in [2.05, 4.69) is 15.5 Å². The molecule has 0 radical (unpaired) electrons. The molecule has 25 heavy (non-hydrogen) atoms.